The predicted molar refractivity (Wildman–Crippen MR) is 48.2 cm³/mol. The fraction of sp³-hybridized carbons (Fsp3) is 0.250. The molecule has 0 aromatic carbocycles. The van der Waals surface area contributed by atoms with Gasteiger partial charge in [0.25, 0.3) is 0 Å². The van der Waals surface area contributed by atoms with Crippen molar-refractivity contribution in [1.29, 1.82) is 0 Å². The third-order valence-electron chi connectivity index (χ3n) is 2.29. The topological polar surface area (TPSA) is 54.2 Å². The largest absolute Gasteiger partial charge is 0.319 e. The molecule has 2 aromatic rings. The highest BCUT2D eigenvalue weighted by molar-refractivity contribution is 5.77. The van der Waals surface area contributed by atoms with Crippen molar-refractivity contribution in [2.45, 2.75) is 13.5 Å². The van der Waals surface area contributed by atoms with Crippen molar-refractivity contribution < 1.29 is 0 Å². The summed E-state index contributed by atoms with van der Waals surface area (Å²) in [4.78, 5) is 4.22. The molecule has 2 aromatic heterocycles. The lowest BCUT2D eigenvalue weighted by molar-refractivity contribution is 0.741. The van der Waals surface area contributed by atoms with E-state index in [1.807, 2.05) is 11.4 Å². The molecule has 13 heavy (non-hydrogen) atoms. The molecule has 2 N–H and O–H groups in total. The lowest BCUT2D eigenvalue weighted by Crippen LogP contribution is -2.25. The number of aromatic nitrogens is 3. The van der Waals surface area contributed by atoms with E-state index in [1.165, 1.54) is 0 Å². The van der Waals surface area contributed by atoms with Crippen LogP contribution in [0.2, 0.25) is 0 Å². The Bertz CT molecular complexity index is 473. The minimum Gasteiger partial charge on any atom is -0.319 e. The first-order valence-electron chi connectivity index (χ1n) is 4.17. The van der Waals surface area contributed by atoms with Crippen LogP contribution in [0.15, 0.2) is 12.4 Å². The Morgan fingerprint density at radius 2 is 2.46 bits per heavy atom. The van der Waals surface area contributed by atoms with Crippen molar-refractivity contribution in [3.05, 3.63) is 23.8 Å². The maximum atomic E-state index is 4.22. The average Bonchev–Trinajstić information content (AvgIpc) is 2.47. The highest BCUT2D eigenvalue weighted by Gasteiger charge is 2.15. The van der Waals surface area contributed by atoms with Crippen molar-refractivity contribution in [3.8, 4) is 0 Å². The number of hydrogen-bond donors (Lipinski definition) is 2. The highest BCUT2D eigenvalue weighted by atomic mass is 15.4. The molecular formula is C8H9N5. The fourth-order valence-corrected chi connectivity index (χ4v) is 1.71. The summed E-state index contributed by atoms with van der Waals surface area (Å²) in [6.45, 7) is 2.77. The Hall–Kier alpha value is -1.62. The van der Waals surface area contributed by atoms with Crippen LogP contribution in [0.5, 0.6) is 0 Å². The van der Waals surface area contributed by atoms with Gasteiger partial charge < -0.3 is 5.43 Å². The van der Waals surface area contributed by atoms with E-state index >= 15 is 0 Å². The Kier molecular flexibility index (Phi) is 1.16. The van der Waals surface area contributed by atoms with Crippen LogP contribution in [0.3, 0.4) is 0 Å². The Morgan fingerprint density at radius 1 is 1.54 bits per heavy atom. The van der Waals surface area contributed by atoms with Crippen molar-refractivity contribution in [1.82, 2.24) is 20.0 Å². The molecule has 0 radical (unpaired) electrons. The second kappa shape index (κ2) is 2.20. The molecule has 5 heteroatoms. The molecule has 0 bridgehead atoms. The van der Waals surface area contributed by atoms with Gasteiger partial charge in [-0.05, 0) is 13.0 Å². The van der Waals surface area contributed by atoms with Crippen LogP contribution in [0.1, 0.15) is 11.4 Å². The zero-order chi connectivity index (χ0) is 8.84. The van der Waals surface area contributed by atoms with E-state index in [9.17, 15) is 0 Å². The van der Waals surface area contributed by atoms with Crippen LogP contribution in [0, 0.1) is 6.92 Å². The van der Waals surface area contributed by atoms with Gasteiger partial charge in [0, 0.05) is 5.69 Å². The van der Waals surface area contributed by atoms with E-state index < -0.39 is 0 Å². The number of nitrogens with one attached hydrogen (secondary N) is 2. The van der Waals surface area contributed by atoms with E-state index in [-0.39, 0.29) is 0 Å². The third kappa shape index (κ3) is 0.790. The predicted octanol–water partition coefficient (Wildman–Crippen LogP) is 0.468. The lowest BCUT2D eigenvalue weighted by Gasteiger charge is -2.14. The molecule has 0 aliphatic carbocycles. The van der Waals surface area contributed by atoms with Crippen molar-refractivity contribution >= 4 is 11.2 Å². The van der Waals surface area contributed by atoms with Gasteiger partial charge in [0.2, 0.25) is 0 Å². The molecule has 0 fully saturated rings. The molecular weight excluding hydrogens is 166 g/mol. The maximum Gasteiger partial charge on any atom is 0.136 e. The molecule has 3 heterocycles. The maximum absolute atomic E-state index is 4.22. The second-order valence-electron chi connectivity index (χ2n) is 3.15. The van der Waals surface area contributed by atoms with E-state index in [0.717, 1.165) is 29.1 Å². The molecule has 5 nitrogen and oxygen atoms in total. The summed E-state index contributed by atoms with van der Waals surface area (Å²) in [5.41, 5.74) is 10.4. The van der Waals surface area contributed by atoms with Gasteiger partial charge in [0.15, 0.2) is 0 Å². The number of anilines is 1. The first-order valence-corrected chi connectivity index (χ1v) is 4.17. The summed E-state index contributed by atoms with van der Waals surface area (Å²) in [5, 5.41) is 4.18. The van der Waals surface area contributed by atoms with Crippen LogP contribution in [0.25, 0.3) is 5.52 Å². The molecule has 0 unspecified atom stereocenters. The van der Waals surface area contributed by atoms with Gasteiger partial charge in [-0.2, -0.15) is 5.10 Å². The Labute approximate surface area is 74.8 Å². The van der Waals surface area contributed by atoms with E-state index in [2.05, 4.69) is 27.0 Å². The van der Waals surface area contributed by atoms with E-state index in [4.69, 9.17) is 0 Å². The molecule has 0 amide bonds. The first kappa shape index (κ1) is 6.85. The number of nitrogens with zero attached hydrogens (tertiary/aromatic N) is 3. The molecule has 66 valence electrons. The van der Waals surface area contributed by atoms with Gasteiger partial charge in [-0.25, -0.2) is 14.9 Å². The summed E-state index contributed by atoms with van der Waals surface area (Å²) in [7, 11) is 0. The fourth-order valence-electron chi connectivity index (χ4n) is 1.71. The molecule has 3 rings (SSSR count). The SMILES string of the molecule is Cc1cc2c3c(ncnn13)CNN2. The molecule has 0 atom stereocenters. The standard InChI is InChI=1S/C8H9N5/c1-5-2-6-8-7(3-10-12-6)9-4-11-13(5)8/h2,4,10,12H,3H2,1H3. The molecule has 0 saturated carbocycles. The van der Waals surface area contributed by atoms with Crippen LogP contribution in [-0.4, -0.2) is 14.6 Å². The summed E-state index contributed by atoms with van der Waals surface area (Å²) >= 11 is 0. The minimum absolute atomic E-state index is 0.739. The zero-order valence-electron chi connectivity index (χ0n) is 7.20. The van der Waals surface area contributed by atoms with E-state index in [0.29, 0.717) is 0 Å². The molecule has 0 spiro atoms. The monoisotopic (exact) mass is 175 g/mol. The normalized spacial score (nSPS) is 14.5. The van der Waals surface area contributed by atoms with Gasteiger partial charge in [-0.3, -0.25) is 0 Å². The summed E-state index contributed by atoms with van der Waals surface area (Å²) in [6.07, 6.45) is 1.59. The Balaban J connectivity index is 2.51. The van der Waals surface area contributed by atoms with Crippen LogP contribution in [-0.2, 0) is 6.54 Å². The van der Waals surface area contributed by atoms with Crippen LogP contribution in [0.4, 0.5) is 5.69 Å². The molecule has 0 saturated heterocycles. The average molecular weight is 175 g/mol. The van der Waals surface area contributed by atoms with Crippen LogP contribution >= 0.6 is 0 Å². The van der Waals surface area contributed by atoms with Crippen molar-refractivity contribution in [3.63, 3.8) is 0 Å². The number of aryl methyl sites for hydroxylation is 1. The van der Waals surface area contributed by atoms with Crippen molar-refractivity contribution in [2.75, 3.05) is 5.43 Å². The lowest BCUT2D eigenvalue weighted by atomic mass is 10.3. The molecule has 1 aliphatic heterocycles. The number of hydrazine groups is 1. The van der Waals surface area contributed by atoms with Gasteiger partial charge in [0.05, 0.1) is 17.9 Å². The second-order valence-corrected chi connectivity index (χ2v) is 3.15. The van der Waals surface area contributed by atoms with Gasteiger partial charge in [0.1, 0.15) is 11.8 Å². The summed E-state index contributed by atoms with van der Waals surface area (Å²) in [5.74, 6) is 0. The van der Waals surface area contributed by atoms with Gasteiger partial charge >= 0.3 is 0 Å². The minimum atomic E-state index is 0.739. The van der Waals surface area contributed by atoms with Crippen molar-refractivity contribution in [2.24, 2.45) is 0 Å². The first-order chi connectivity index (χ1) is 6.36. The van der Waals surface area contributed by atoms with Gasteiger partial charge in [-0.1, -0.05) is 0 Å². The molecule has 1 aliphatic rings. The smallest absolute Gasteiger partial charge is 0.136 e. The van der Waals surface area contributed by atoms with Crippen LogP contribution < -0.4 is 10.9 Å². The number of hydrogen-bond acceptors (Lipinski definition) is 4. The summed E-state index contributed by atoms with van der Waals surface area (Å²) in [6, 6.07) is 2.06. The van der Waals surface area contributed by atoms with E-state index in [1.54, 1.807) is 6.33 Å². The third-order valence-corrected chi connectivity index (χ3v) is 2.29. The highest BCUT2D eigenvalue weighted by Crippen LogP contribution is 2.24. The van der Waals surface area contributed by atoms with Gasteiger partial charge in [-0.15, -0.1) is 0 Å². The summed E-state index contributed by atoms with van der Waals surface area (Å²) < 4.78 is 1.91. The zero-order valence-corrected chi connectivity index (χ0v) is 7.20. The Morgan fingerprint density at radius 3 is 3.38 bits per heavy atom. The number of rotatable bonds is 0. The quantitative estimate of drug-likeness (QED) is 0.611.